The average Bonchev–Trinajstić information content (AvgIpc) is 3.14. The number of fused-ring (bicyclic) bond motifs is 1. The summed E-state index contributed by atoms with van der Waals surface area (Å²) in [6, 6.07) is 6.92. The minimum absolute atomic E-state index is 0.141. The molecular formula is C20H26FN3O2. The lowest BCUT2D eigenvalue weighted by Crippen LogP contribution is -2.42. The van der Waals surface area contributed by atoms with Gasteiger partial charge < -0.3 is 9.84 Å². The van der Waals surface area contributed by atoms with Crippen molar-refractivity contribution in [2.45, 2.75) is 26.8 Å². The number of hydrogen-bond acceptors (Lipinski definition) is 4. The maximum absolute atomic E-state index is 14.0. The second-order valence-corrected chi connectivity index (χ2v) is 7.84. The number of rotatable bonds is 4. The number of aliphatic hydroxyl groups excluding tert-OH is 1. The van der Waals surface area contributed by atoms with Crippen molar-refractivity contribution >= 4 is 0 Å². The van der Waals surface area contributed by atoms with Crippen LogP contribution < -0.4 is 0 Å². The lowest BCUT2D eigenvalue weighted by molar-refractivity contribution is -0.0561. The predicted molar refractivity (Wildman–Crippen MR) is 96.7 cm³/mol. The summed E-state index contributed by atoms with van der Waals surface area (Å²) in [5, 5.41) is 14.5. The van der Waals surface area contributed by atoms with Crippen molar-refractivity contribution < 1.29 is 14.2 Å². The van der Waals surface area contributed by atoms with Crippen molar-refractivity contribution in [3.8, 4) is 5.69 Å². The monoisotopic (exact) mass is 359 g/mol. The molecule has 26 heavy (non-hydrogen) atoms. The number of aromatic nitrogens is 2. The summed E-state index contributed by atoms with van der Waals surface area (Å²) in [6.07, 6.45) is 0.977. The first-order valence-corrected chi connectivity index (χ1v) is 9.24. The van der Waals surface area contributed by atoms with Crippen LogP contribution >= 0.6 is 0 Å². The summed E-state index contributed by atoms with van der Waals surface area (Å²) in [4.78, 5) is 2.32. The first-order valence-electron chi connectivity index (χ1n) is 9.24. The second-order valence-electron chi connectivity index (χ2n) is 7.84. The van der Waals surface area contributed by atoms with Gasteiger partial charge in [0.15, 0.2) is 0 Å². The zero-order valence-corrected chi connectivity index (χ0v) is 15.4. The van der Waals surface area contributed by atoms with E-state index in [1.54, 1.807) is 12.1 Å². The maximum Gasteiger partial charge on any atom is 0.123 e. The molecule has 5 nitrogen and oxygen atoms in total. The van der Waals surface area contributed by atoms with Gasteiger partial charge in [-0.1, -0.05) is 0 Å². The minimum atomic E-state index is -0.234. The van der Waals surface area contributed by atoms with Gasteiger partial charge in [0.25, 0.3) is 0 Å². The molecule has 2 saturated heterocycles. The highest BCUT2D eigenvalue weighted by atomic mass is 19.1. The molecule has 2 fully saturated rings. The number of aliphatic hydroxyl groups is 1. The first-order chi connectivity index (χ1) is 12.5. The van der Waals surface area contributed by atoms with E-state index in [-0.39, 0.29) is 17.8 Å². The van der Waals surface area contributed by atoms with Crippen LogP contribution in [0.2, 0.25) is 0 Å². The van der Waals surface area contributed by atoms with Gasteiger partial charge in [0.2, 0.25) is 0 Å². The number of benzene rings is 1. The standard InChI is InChI=1S/C20H26FN3O2/c1-14-7-15(2)24(22-14)19-4-3-18(21)8-16(19)9-23-10-17-5-6-26-13-20(17,11-23)12-25/h3-4,7-8,17,25H,5-6,9-13H2,1-2H3/t17-,20+/m0/s1. The van der Waals surface area contributed by atoms with Crippen LogP contribution in [-0.4, -0.2) is 52.7 Å². The zero-order chi connectivity index (χ0) is 18.3. The van der Waals surface area contributed by atoms with Crippen LogP contribution in [0.1, 0.15) is 23.4 Å². The van der Waals surface area contributed by atoms with E-state index < -0.39 is 0 Å². The van der Waals surface area contributed by atoms with E-state index in [0.717, 1.165) is 48.8 Å². The van der Waals surface area contributed by atoms with Crippen LogP contribution in [0.4, 0.5) is 4.39 Å². The normalized spacial score (nSPS) is 26.2. The number of hydrogen-bond donors (Lipinski definition) is 1. The lowest BCUT2D eigenvalue weighted by Gasteiger charge is -2.36. The van der Waals surface area contributed by atoms with E-state index in [9.17, 15) is 9.50 Å². The summed E-state index contributed by atoms with van der Waals surface area (Å²) in [5.41, 5.74) is 3.64. The van der Waals surface area contributed by atoms with Crippen molar-refractivity contribution in [2.24, 2.45) is 11.3 Å². The molecular weight excluding hydrogens is 333 g/mol. The molecule has 0 amide bonds. The highest BCUT2D eigenvalue weighted by Gasteiger charge is 2.48. The van der Waals surface area contributed by atoms with Gasteiger partial charge in [0, 0.05) is 37.4 Å². The summed E-state index contributed by atoms with van der Waals surface area (Å²) < 4.78 is 21.5. The van der Waals surface area contributed by atoms with Gasteiger partial charge in [-0.15, -0.1) is 0 Å². The quantitative estimate of drug-likeness (QED) is 0.911. The lowest BCUT2D eigenvalue weighted by atomic mass is 9.76. The fourth-order valence-corrected chi connectivity index (χ4v) is 4.55. The summed E-state index contributed by atoms with van der Waals surface area (Å²) in [7, 11) is 0. The summed E-state index contributed by atoms with van der Waals surface area (Å²) in [6.45, 7) is 7.82. The molecule has 0 saturated carbocycles. The van der Waals surface area contributed by atoms with Crippen molar-refractivity contribution in [3.05, 3.63) is 47.0 Å². The van der Waals surface area contributed by atoms with Gasteiger partial charge in [0.05, 0.1) is 24.6 Å². The van der Waals surface area contributed by atoms with Crippen molar-refractivity contribution in [2.75, 3.05) is 32.9 Å². The number of aryl methyl sites for hydroxylation is 2. The Morgan fingerprint density at radius 1 is 1.35 bits per heavy atom. The highest BCUT2D eigenvalue weighted by molar-refractivity contribution is 5.42. The SMILES string of the molecule is Cc1cc(C)n(-c2ccc(F)cc2CN2C[C@@H]3CCOC[C@]3(CO)C2)n1. The average molecular weight is 359 g/mol. The molecule has 0 spiro atoms. The summed E-state index contributed by atoms with van der Waals surface area (Å²) >= 11 is 0. The highest BCUT2D eigenvalue weighted by Crippen LogP contribution is 2.41. The van der Waals surface area contributed by atoms with Crippen LogP contribution in [-0.2, 0) is 11.3 Å². The molecule has 2 atom stereocenters. The van der Waals surface area contributed by atoms with Crippen LogP contribution in [0.15, 0.2) is 24.3 Å². The Bertz CT molecular complexity index is 806. The van der Waals surface area contributed by atoms with Gasteiger partial charge >= 0.3 is 0 Å². The van der Waals surface area contributed by atoms with Crippen molar-refractivity contribution in [3.63, 3.8) is 0 Å². The Hall–Kier alpha value is -1.76. The molecule has 2 aromatic rings. The topological polar surface area (TPSA) is 50.5 Å². The van der Waals surface area contributed by atoms with Crippen LogP contribution in [0.5, 0.6) is 0 Å². The van der Waals surface area contributed by atoms with Gasteiger partial charge in [-0.3, -0.25) is 4.90 Å². The Kier molecular flexibility index (Phi) is 4.59. The van der Waals surface area contributed by atoms with Crippen LogP contribution in [0.3, 0.4) is 0 Å². The molecule has 1 aromatic heterocycles. The molecule has 0 bridgehead atoms. The molecule has 0 aliphatic carbocycles. The van der Waals surface area contributed by atoms with E-state index in [0.29, 0.717) is 19.1 Å². The van der Waals surface area contributed by atoms with Crippen molar-refractivity contribution in [1.29, 1.82) is 0 Å². The number of halogens is 1. The van der Waals surface area contributed by atoms with Crippen LogP contribution in [0, 0.1) is 31.0 Å². The van der Waals surface area contributed by atoms with Gasteiger partial charge in [-0.2, -0.15) is 5.10 Å². The molecule has 140 valence electrons. The smallest absolute Gasteiger partial charge is 0.123 e. The molecule has 0 unspecified atom stereocenters. The Morgan fingerprint density at radius 3 is 2.88 bits per heavy atom. The third kappa shape index (κ3) is 3.06. The molecule has 1 aromatic carbocycles. The number of nitrogens with zero attached hydrogens (tertiary/aromatic N) is 3. The number of likely N-dealkylation sites (tertiary alicyclic amines) is 1. The zero-order valence-electron chi connectivity index (χ0n) is 15.4. The molecule has 4 rings (SSSR count). The summed E-state index contributed by atoms with van der Waals surface area (Å²) in [5.74, 6) is 0.203. The van der Waals surface area contributed by atoms with Gasteiger partial charge in [0.1, 0.15) is 5.82 Å². The van der Waals surface area contributed by atoms with E-state index in [2.05, 4.69) is 10.00 Å². The molecule has 3 heterocycles. The van der Waals surface area contributed by atoms with Crippen molar-refractivity contribution in [1.82, 2.24) is 14.7 Å². The maximum atomic E-state index is 14.0. The van der Waals surface area contributed by atoms with Gasteiger partial charge in [-0.25, -0.2) is 9.07 Å². The Labute approximate surface area is 153 Å². The molecule has 0 radical (unpaired) electrons. The van der Waals surface area contributed by atoms with E-state index >= 15 is 0 Å². The third-order valence-corrected chi connectivity index (χ3v) is 5.87. The third-order valence-electron chi connectivity index (χ3n) is 5.87. The van der Waals surface area contributed by atoms with E-state index in [4.69, 9.17) is 4.74 Å². The van der Waals surface area contributed by atoms with E-state index in [1.165, 1.54) is 6.07 Å². The molecule has 2 aliphatic heterocycles. The molecule has 2 aliphatic rings. The largest absolute Gasteiger partial charge is 0.396 e. The minimum Gasteiger partial charge on any atom is -0.396 e. The fourth-order valence-electron chi connectivity index (χ4n) is 4.55. The first kappa shape index (κ1) is 17.6. The Balaban J connectivity index is 1.63. The molecule has 6 heteroatoms. The number of ether oxygens (including phenoxy) is 1. The van der Waals surface area contributed by atoms with Crippen LogP contribution in [0.25, 0.3) is 5.69 Å². The van der Waals surface area contributed by atoms with E-state index in [1.807, 2.05) is 24.6 Å². The second kappa shape index (κ2) is 6.76. The Morgan fingerprint density at radius 2 is 2.19 bits per heavy atom. The predicted octanol–water partition coefficient (Wildman–Crippen LogP) is 2.46. The fraction of sp³-hybridized carbons (Fsp3) is 0.550. The van der Waals surface area contributed by atoms with Gasteiger partial charge in [-0.05, 0) is 56.0 Å². The molecule has 1 N–H and O–H groups in total.